The molecule has 0 spiro atoms. The quantitative estimate of drug-likeness (QED) is 0.580. The molecule has 0 aromatic carbocycles. The van der Waals surface area contributed by atoms with Crippen molar-refractivity contribution in [1.29, 1.82) is 0 Å². The molecule has 0 radical (unpaired) electrons. The van der Waals surface area contributed by atoms with Gasteiger partial charge in [-0.05, 0) is 36.8 Å². The second-order valence-corrected chi connectivity index (χ2v) is 3.59. The minimum Gasteiger partial charge on any atom is -0.508 e. The van der Waals surface area contributed by atoms with Crippen LogP contribution in [0.25, 0.3) is 0 Å². The molecule has 1 fully saturated rings. The lowest BCUT2D eigenvalue weighted by Gasteiger charge is -2.12. The summed E-state index contributed by atoms with van der Waals surface area (Å²) in [6, 6.07) is 0. The van der Waals surface area contributed by atoms with Gasteiger partial charge in [0.15, 0.2) is 0 Å². The third-order valence-electron chi connectivity index (χ3n) is 2.75. The standard InChI is InChI=1S/C11H14O/c12-11-7-2-1-4-9-5-3-6-10(9)8-11/h1-2,4,7-10,12H,3,5-6H2/b4-1+,7-2-,11-8?/t9-,10-/m1/s1. The van der Waals surface area contributed by atoms with Crippen LogP contribution in [0.3, 0.4) is 0 Å². The van der Waals surface area contributed by atoms with Crippen molar-refractivity contribution in [2.24, 2.45) is 11.8 Å². The third kappa shape index (κ3) is 1.45. The van der Waals surface area contributed by atoms with Crippen LogP contribution in [0.15, 0.2) is 36.1 Å². The third-order valence-corrected chi connectivity index (χ3v) is 2.75. The number of allylic oxidation sites excluding steroid dienone is 5. The molecule has 2 aliphatic carbocycles. The predicted molar refractivity (Wildman–Crippen MR) is 49.8 cm³/mol. The van der Waals surface area contributed by atoms with Gasteiger partial charge in [0.2, 0.25) is 0 Å². The molecular formula is C11H14O. The molecule has 1 N–H and O–H groups in total. The van der Waals surface area contributed by atoms with Crippen LogP contribution in [0.5, 0.6) is 0 Å². The zero-order chi connectivity index (χ0) is 8.39. The molecule has 1 nitrogen and oxygen atoms in total. The number of rotatable bonds is 0. The average molecular weight is 162 g/mol. The molecule has 2 atom stereocenters. The van der Waals surface area contributed by atoms with E-state index in [1.807, 2.05) is 18.2 Å². The smallest absolute Gasteiger partial charge is 0.111 e. The molecule has 1 saturated carbocycles. The first-order chi connectivity index (χ1) is 5.86. The summed E-state index contributed by atoms with van der Waals surface area (Å²) in [6.45, 7) is 0. The van der Waals surface area contributed by atoms with E-state index in [0.717, 1.165) is 0 Å². The lowest BCUT2D eigenvalue weighted by molar-refractivity contribution is 0.416. The normalized spacial score (nSPS) is 39.2. The monoisotopic (exact) mass is 162 g/mol. The Hall–Kier alpha value is -0.980. The van der Waals surface area contributed by atoms with Crippen LogP contribution in [0, 0.1) is 11.8 Å². The van der Waals surface area contributed by atoms with Crippen LogP contribution in [0.4, 0.5) is 0 Å². The number of aliphatic hydroxyl groups excluding tert-OH is 1. The van der Waals surface area contributed by atoms with Gasteiger partial charge in [0, 0.05) is 0 Å². The summed E-state index contributed by atoms with van der Waals surface area (Å²) in [5.74, 6) is 1.67. The van der Waals surface area contributed by atoms with E-state index in [1.165, 1.54) is 19.3 Å². The second kappa shape index (κ2) is 3.18. The van der Waals surface area contributed by atoms with Crippen molar-refractivity contribution in [2.45, 2.75) is 19.3 Å². The molecule has 0 heterocycles. The van der Waals surface area contributed by atoms with Crippen LogP contribution < -0.4 is 0 Å². The summed E-state index contributed by atoms with van der Waals surface area (Å²) >= 11 is 0. The molecule has 1 heteroatoms. The highest BCUT2D eigenvalue weighted by atomic mass is 16.3. The Labute approximate surface area is 73.1 Å². The minimum atomic E-state index is 0.427. The molecule has 64 valence electrons. The highest BCUT2D eigenvalue weighted by molar-refractivity contribution is 5.21. The number of hydrogen-bond donors (Lipinski definition) is 1. The highest BCUT2D eigenvalue weighted by Gasteiger charge is 2.23. The lowest BCUT2D eigenvalue weighted by atomic mass is 9.94. The first-order valence-corrected chi connectivity index (χ1v) is 4.62. The number of fused-ring (bicyclic) bond motifs is 1. The fourth-order valence-electron chi connectivity index (χ4n) is 2.10. The van der Waals surface area contributed by atoms with E-state index in [9.17, 15) is 5.11 Å². The van der Waals surface area contributed by atoms with Crippen molar-refractivity contribution in [3.8, 4) is 0 Å². The van der Waals surface area contributed by atoms with Gasteiger partial charge >= 0.3 is 0 Å². The van der Waals surface area contributed by atoms with E-state index < -0.39 is 0 Å². The van der Waals surface area contributed by atoms with Crippen molar-refractivity contribution >= 4 is 0 Å². The van der Waals surface area contributed by atoms with Gasteiger partial charge in [-0.3, -0.25) is 0 Å². The fourth-order valence-corrected chi connectivity index (χ4v) is 2.10. The van der Waals surface area contributed by atoms with E-state index in [4.69, 9.17) is 0 Å². The molecule has 0 aliphatic heterocycles. The Kier molecular flexibility index (Phi) is 2.03. The van der Waals surface area contributed by atoms with Crippen LogP contribution in [-0.4, -0.2) is 5.11 Å². The maximum atomic E-state index is 9.40. The lowest BCUT2D eigenvalue weighted by Crippen LogP contribution is -2.03. The first-order valence-electron chi connectivity index (χ1n) is 4.62. The van der Waals surface area contributed by atoms with E-state index in [-0.39, 0.29) is 0 Å². The van der Waals surface area contributed by atoms with Crippen molar-refractivity contribution in [3.63, 3.8) is 0 Å². The van der Waals surface area contributed by atoms with Crippen LogP contribution in [-0.2, 0) is 0 Å². The van der Waals surface area contributed by atoms with E-state index in [2.05, 4.69) is 6.08 Å². The Balaban J connectivity index is 2.25. The van der Waals surface area contributed by atoms with E-state index in [1.54, 1.807) is 6.08 Å². The molecule has 2 aliphatic rings. The zero-order valence-corrected chi connectivity index (χ0v) is 7.11. The summed E-state index contributed by atoms with van der Waals surface area (Å²) in [7, 11) is 0. The van der Waals surface area contributed by atoms with Gasteiger partial charge in [0.1, 0.15) is 5.76 Å². The average Bonchev–Trinajstić information content (AvgIpc) is 2.42. The van der Waals surface area contributed by atoms with Gasteiger partial charge in [0.05, 0.1) is 0 Å². The van der Waals surface area contributed by atoms with Gasteiger partial charge in [0.25, 0.3) is 0 Å². The van der Waals surface area contributed by atoms with Gasteiger partial charge in [-0.15, -0.1) is 0 Å². The largest absolute Gasteiger partial charge is 0.508 e. The maximum absolute atomic E-state index is 9.40. The summed E-state index contributed by atoms with van der Waals surface area (Å²) in [4.78, 5) is 0. The van der Waals surface area contributed by atoms with Gasteiger partial charge in [-0.1, -0.05) is 24.6 Å². The maximum Gasteiger partial charge on any atom is 0.111 e. The van der Waals surface area contributed by atoms with Crippen LogP contribution in [0.2, 0.25) is 0 Å². The SMILES string of the molecule is OC1=C[C@H]2CCC[C@H]2/C=C/C=C\1. The van der Waals surface area contributed by atoms with Gasteiger partial charge in [-0.25, -0.2) is 0 Å². The van der Waals surface area contributed by atoms with Crippen molar-refractivity contribution in [3.05, 3.63) is 36.1 Å². The molecular weight excluding hydrogens is 148 g/mol. The van der Waals surface area contributed by atoms with Crippen LogP contribution >= 0.6 is 0 Å². The van der Waals surface area contributed by atoms with Crippen molar-refractivity contribution in [1.82, 2.24) is 0 Å². The molecule has 0 aromatic heterocycles. The molecule has 12 heavy (non-hydrogen) atoms. The summed E-state index contributed by atoms with van der Waals surface area (Å²) in [5, 5.41) is 9.40. The van der Waals surface area contributed by atoms with E-state index in [0.29, 0.717) is 17.6 Å². The summed E-state index contributed by atoms with van der Waals surface area (Å²) in [5.41, 5.74) is 0. The molecule has 0 bridgehead atoms. The molecule has 0 saturated heterocycles. The minimum absolute atomic E-state index is 0.427. The predicted octanol–water partition coefficient (Wildman–Crippen LogP) is 2.97. The van der Waals surface area contributed by atoms with Gasteiger partial charge in [-0.2, -0.15) is 0 Å². The van der Waals surface area contributed by atoms with Gasteiger partial charge < -0.3 is 5.11 Å². The Morgan fingerprint density at radius 1 is 1.17 bits per heavy atom. The topological polar surface area (TPSA) is 20.2 Å². The second-order valence-electron chi connectivity index (χ2n) is 3.59. The summed E-state index contributed by atoms with van der Waals surface area (Å²) < 4.78 is 0. The Bertz CT molecular complexity index is 248. The zero-order valence-electron chi connectivity index (χ0n) is 7.11. The van der Waals surface area contributed by atoms with Crippen molar-refractivity contribution < 1.29 is 5.11 Å². The molecule has 0 aromatic rings. The molecule has 2 rings (SSSR count). The molecule has 0 amide bonds. The first kappa shape index (κ1) is 7.66. The fraction of sp³-hybridized carbons (Fsp3) is 0.455. The van der Waals surface area contributed by atoms with Crippen LogP contribution in [0.1, 0.15) is 19.3 Å². The highest BCUT2D eigenvalue weighted by Crippen LogP contribution is 2.34. The summed E-state index contributed by atoms with van der Waals surface area (Å²) in [6.07, 6.45) is 13.8. The number of hydrogen-bond acceptors (Lipinski definition) is 1. The Morgan fingerprint density at radius 2 is 2.00 bits per heavy atom. The number of aliphatic hydroxyl groups is 1. The van der Waals surface area contributed by atoms with Crippen molar-refractivity contribution in [2.75, 3.05) is 0 Å². The molecule has 0 unspecified atom stereocenters. The van der Waals surface area contributed by atoms with E-state index >= 15 is 0 Å². The Morgan fingerprint density at radius 3 is 2.92 bits per heavy atom.